The molecule has 0 fully saturated rings. The molecule has 0 radical (unpaired) electrons. The second kappa shape index (κ2) is 6.10. The quantitative estimate of drug-likeness (QED) is 0.872. The fourth-order valence-electron chi connectivity index (χ4n) is 1.87. The lowest BCUT2D eigenvalue weighted by Crippen LogP contribution is -2.17. The van der Waals surface area contributed by atoms with E-state index in [1.807, 2.05) is 25.1 Å². The second-order valence-electron chi connectivity index (χ2n) is 4.25. The van der Waals surface area contributed by atoms with E-state index in [0.717, 1.165) is 5.56 Å². The van der Waals surface area contributed by atoms with Gasteiger partial charge in [-0.15, -0.1) is 0 Å². The molecule has 1 heterocycles. The van der Waals surface area contributed by atoms with E-state index < -0.39 is 0 Å². The molecule has 1 aromatic heterocycles. The molecule has 0 saturated heterocycles. The summed E-state index contributed by atoms with van der Waals surface area (Å²) in [7, 11) is 3.18. The summed E-state index contributed by atoms with van der Waals surface area (Å²) in [6.07, 6.45) is 3.03. The van der Waals surface area contributed by atoms with Gasteiger partial charge < -0.3 is 19.8 Å². The Morgan fingerprint density at radius 2 is 2.00 bits per heavy atom. The van der Waals surface area contributed by atoms with Crippen molar-refractivity contribution in [2.75, 3.05) is 19.5 Å². The van der Waals surface area contributed by atoms with Crippen LogP contribution in [0, 0.1) is 0 Å². The minimum Gasteiger partial charge on any atom is -0.493 e. The number of nitrogens with one attached hydrogen (secondary N) is 2. The van der Waals surface area contributed by atoms with Crippen LogP contribution in [0.15, 0.2) is 35.4 Å². The molecule has 0 aliphatic rings. The summed E-state index contributed by atoms with van der Waals surface area (Å²) in [5.74, 6) is 1.60. The molecule has 1 atom stereocenters. The molecule has 1 unspecified atom stereocenters. The summed E-state index contributed by atoms with van der Waals surface area (Å²) in [6, 6.07) is 5.52. The first-order valence-electron chi connectivity index (χ1n) is 6.18. The van der Waals surface area contributed by atoms with Crippen LogP contribution in [-0.2, 0) is 0 Å². The number of aromatic amines is 1. The molecule has 0 bridgehead atoms. The predicted molar refractivity (Wildman–Crippen MR) is 76.4 cm³/mol. The first kappa shape index (κ1) is 13.9. The maximum atomic E-state index is 11.6. The molecule has 0 amide bonds. The van der Waals surface area contributed by atoms with Crippen LogP contribution in [0.25, 0.3) is 0 Å². The highest BCUT2D eigenvalue weighted by molar-refractivity contribution is 5.45. The molecule has 106 valence electrons. The Labute approximate surface area is 116 Å². The number of rotatable bonds is 5. The van der Waals surface area contributed by atoms with Gasteiger partial charge in [0.2, 0.25) is 0 Å². The normalized spacial score (nSPS) is 11.8. The van der Waals surface area contributed by atoms with E-state index in [2.05, 4.69) is 15.3 Å². The third kappa shape index (κ3) is 2.90. The van der Waals surface area contributed by atoms with Crippen LogP contribution in [0.3, 0.4) is 0 Å². The number of ether oxygens (including phenoxy) is 2. The predicted octanol–water partition coefficient (Wildman–Crippen LogP) is 1.96. The summed E-state index contributed by atoms with van der Waals surface area (Å²) >= 11 is 0. The number of aromatic nitrogens is 2. The summed E-state index contributed by atoms with van der Waals surface area (Å²) in [5, 5.41) is 3.06. The Balaban J connectivity index is 2.23. The zero-order chi connectivity index (χ0) is 14.5. The fraction of sp³-hybridized carbons (Fsp3) is 0.286. The van der Waals surface area contributed by atoms with E-state index in [1.54, 1.807) is 14.2 Å². The molecule has 0 saturated carbocycles. The number of benzene rings is 1. The summed E-state index contributed by atoms with van der Waals surface area (Å²) < 4.78 is 10.5. The van der Waals surface area contributed by atoms with E-state index >= 15 is 0 Å². The van der Waals surface area contributed by atoms with Gasteiger partial charge in [0.25, 0.3) is 5.56 Å². The van der Waals surface area contributed by atoms with Crippen LogP contribution in [0.5, 0.6) is 11.5 Å². The highest BCUT2D eigenvalue weighted by atomic mass is 16.5. The van der Waals surface area contributed by atoms with Gasteiger partial charge >= 0.3 is 0 Å². The van der Waals surface area contributed by atoms with Crippen molar-refractivity contribution in [2.24, 2.45) is 0 Å². The first-order chi connectivity index (χ1) is 9.65. The van der Waals surface area contributed by atoms with Crippen molar-refractivity contribution in [3.05, 3.63) is 46.5 Å². The van der Waals surface area contributed by atoms with Gasteiger partial charge in [-0.25, -0.2) is 4.98 Å². The summed E-state index contributed by atoms with van der Waals surface area (Å²) in [5.41, 5.74) is 0.715. The van der Waals surface area contributed by atoms with Gasteiger partial charge in [0.05, 0.1) is 20.3 Å². The minimum atomic E-state index is -0.250. The molecule has 2 aromatic rings. The third-order valence-electron chi connectivity index (χ3n) is 2.97. The van der Waals surface area contributed by atoms with Gasteiger partial charge in [-0.2, -0.15) is 0 Å². The highest BCUT2D eigenvalue weighted by Gasteiger charge is 2.11. The van der Waals surface area contributed by atoms with Crippen molar-refractivity contribution in [3.63, 3.8) is 0 Å². The Kier molecular flexibility index (Phi) is 4.24. The SMILES string of the molecule is COc1ccc(C(C)Nc2ncc[nH]c2=O)cc1OC. The maximum absolute atomic E-state index is 11.6. The molecule has 6 heteroatoms. The summed E-state index contributed by atoms with van der Waals surface area (Å²) in [4.78, 5) is 18.2. The van der Waals surface area contributed by atoms with Gasteiger partial charge in [-0.1, -0.05) is 6.07 Å². The molecule has 2 N–H and O–H groups in total. The topological polar surface area (TPSA) is 76.2 Å². The fourth-order valence-corrected chi connectivity index (χ4v) is 1.87. The number of hydrogen-bond donors (Lipinski definition) is 2. The number of hydrogen-bond acceptors (Lipinski definition) is 5. The van der Waals surface area contributed by atoms with E-state index in [-0.39, 0.29) is 17.4 Å². The van der Waals surface area contributed by atoms with Crippen molar-refractivity contribution in [1.29, 1.82) is 0 Å². The van der Waals surface area contributed by atoms with Gasteiger partial charge in [-0.3, -0.25) is 4.79 Å². The average molecular weight is 275 g/mol. The van der Waals surface area contributed by atoms with E-state index in [0.29, 0.717) is 11.5 Å². The van der Waals surface area contributed by atoms with Gasteiger partial charge in [0.15, 0.2) is 17.3 Å². The lowest BCUT2D eigenvalue weighted by Gasteiger charge is -2.16. The van der Waals surface area contributed by atoms with Gasteiger partial charge in [-0.05, 0) is 24.6 Å². The lowest BCUT2D eigenvalue weighted by molar-refractivity contribution is 0.354. The summed E-state index contributed by atoms with van der Waals surface area (Å²) in [6.45, 7) is 1.94. The van der Waals surface area contributed by atoms with E-state index in [1.165, 1.54) is 12.4 Å². The molecule has 0 aliphatic carbocycles. The number of methoxy groups -OCH3 is 2. The van der Waals surface area contributed by atoms with Crippen LogP contribution >= 0.6 is 0 Å². The number of anilines is 1. The average Bonchev–Trinajstić information content (AvgIpc) is 2.48. The molecule has 1 aromatic carbocycles. The van der Waals surface area contributed by atoms with Crippen molar-refractivity contribution >= 4 is 5.82 Å². The van der Waals surface area contributed by atoms with Crippen LogP contribution in [0.2, 0.25) is 0 Å². The Bertz CT molecular complexity index is 640. The Hall–Kier alpha value is -2.50. The van der Waals surface area contributed by atoms with Crippen molar-refractivity contribution < 1.29 is 9.47 Å². The third-order valence-corrected chi connectivity index (χ3v) is 2.97. The smallest absolute Gasteiger partial charge is 0.290 e. The first-order valence-corrected chi connectivity index (χ1v) is 6.18. The second-order valence-corrected chi connectivity index (χ2v) is 4.25. The van der Waals surface area contributed by atoms with Gasteiger partial charge in [0.1, 0.15) is 0 Å². The lowest BCUT2D eigenvalue weighted by atomic mass is 10.1. The van der Waals surface area contributed by atoms with Gasteiger partial charge in [0, 0.05) is 12.4 Å². The Morgan fingerprint density at radius 1 is 1.25 bits per heavy atom. The van der Waals surface area contributed by atoms with Crippen molar-refractivity contribution in [1.82, 2.24) is 9.97 Å². The van der Waals surface area contributed by atoms with Crippen molar-refractivity contribution in [3.8, 4) is 11.5 Å². The van der Waals surface area contributed by atoms with Crippen LogP contribution in [-0.4, -0.2) is 24.2 Å². The monoisotopic (exact) mass is 275 g/mol. The number of nitrogens with zero attached hydrogens (tertiary/aromatic N) is 1. The van der Waals surface area contributed by atoms with Crippen molar-refractivity contribution in [2.45, 2.75) is 13.0 Å². The molecular formula is C14H17N3O3. The Morgan fingerprint density at radius 3 is 2.65 bits per heavy atom. The van der Waals surface area contributed by atoms with Crippen LogP contribution in [0.4, 0.5) is 5.82 Å². The molecular weight excluding hydrogens is 258 g/mol. The molecule has 6 nitrogen and oxygen atoms in total. The molecule has 0 spiro atoms. The standard InChI is InChI=1S/C14H17N3O3/c1-9(17-13-14(18)16-7-6-15-13)10-4-5-11(19-2)12(8-10)20-3/h4-9H,1-3H3,(H,15,17)(H,16,18). The zero-order valence-corrected chi connectivity index (χ0v) is 11.6. The highest BCUT2D eigenvalue weighted by Crippen LogP contribution is 2.30. The minimum absolute atomic E-state index is 0.0918. The maximum Gasteiger partial charge on any atom is 0.290 e. The zero-order valence-electron chi connectivity index (χ0n) is 11.6. The molecule has 20 heavy (non-hydrogen) atoms. The van der Waals surface area contributed by atoms with E-state index in [4.69, 9.17) is 9.47 Å². The van der Waals surface area contributed by atoms with E-state index in [9.17, 15) is 4.79 Å². The van der Waals surface area contributed by atoms with Crippen LogP contribution in [0.1, 0.15) is 18.5 Å². The molecule has 2 rings (SSSR count). The largest absolute Gasteiger partial charge is 0.493 e. The molecule has 0 aliphatic heterocycles. The number of H-pyrrole nitrogens is 1. The van der Waals surface area contributed by atoms with Crippen LogP contribution < -0.4 is 20.3 Å².